The number of carbonyl (C=O) groups is 1. The first kappa shape index (κ1) is 13.2. The maximum atomic E-state index is 12.3. The summed E-state index contributed by atoms with van der Waals surface area (Å²) in [6.07, 6.45) is 1.37. The number of piperidine rings is 1. The molecule has 1 heterocycles. The molecule has 1 saturated heterocycles. The van der Waals surface area contributed by atoms with Crippen molar-refractivity contribution in [2.45, 2.75) is 12.8 Å². The fraction of sp³-hybridized carbons (Fsp3) is 0.429. The predicted molar refractivity (Wildman–Crippen MR) is 68.9 cm³/mol. The van der Waals surface area contributed by atoms with Gasteiger partial charge in [0.2, 0.25) is 0 Å². The summed E-state index contributed by atoms with van der Waals surface area (Å²) in [5, 5.41) is 18.8. The van der Waals surface area contributed by atoms with E-state index in [1.165, 1.54) is 7.11 Å². The van der Waals surface area contributed by atoms with Crippen LogP contribution in [0.3, 0.4) is 0 Å². The fourth-order valence-electron chi connectivity index (χ4n) is 2.24. The number of phenolic OH excluding ortho intramolecular Hbond substituents is 1. The molecule has 0 spiro atoms. The predicted octanol–water partition coefficient (Wildman–Crippen LogP) is 1.78. The molecular formula is C14H16N2O3. The average Bonchev–Trinajstić information content (AvgIpc) is 2.47. The van der Waals surface area contributed by atoms with Crippen LogP contribution in [0.5, 0.6) is 11.5 Å². The number of methoxy groups -OCH3 is 1. The molecule has 0 atom stereocenters. The number of aromatic hydroxyl groups is 1. The summed E-state index contributed by atoms with van der Waals surface area (Å²) in [4.78, 5) is 14.0. The zero-order chi connectivity index (χ0) is 13.8. The quantitative estimate of drug-likeness (QED) is 0.879. The number of carbonyl (C=O) groups excluding carboxylic acids is 1. The third-order valence-corrected chi connectivity index (χ3v) is 3.41. The molecule has 0 radical (unpaired) electrons. The largest absolute Gasteiger partial charge is 0.504 e. The average molecular weight is 260 g/mol. The van der Waals surface area contributed by atoms with E-state index < -0.39 is 0 Å². The second-order valence-electron chi connectivity index (χ2n) is 4.55. The minimum Gasteiger partial charge on any atom is -0.504 e. The third-order valence-electron chi connectivity index (χ3n) is 3.41. The number of nitrogens with zero attached hydrogens (tertiary/aromatic N) is 2. The highest BCUT2D eigenvalue weighted by molar-refractivity contribution is 5.97. The summed E-state index contributed by atoms with van der Waals surface area (Å²) in [7, 11) is 1.45. The van der Waals surface area contributed by atoms with E-state index in [2.05, 4.69) is 6.07 Å². The van der Waals surface area contributed by atoms with Crippen molar-refractivity contribution in [3.05, 3.63) is 23.8 Å². The molecule has 1 aliphatic rings. The number of likely N-dealkylation sites (tertiary alicyclic amines) is 1. The number of para-hydroxylation sites is 1. The van der Waals surface area contributed by atoms with Gasteiger partial charge >= 0.3 is 0 Å². The Labute approximate surface area is 112 Å². The highest BCUT2D eigenvalue weighted by Crippen LogP contribution is 2.31. The molecule has 100 valence electrons. The number of hydrogen-bond donors (Lipinski definition) is 1. The van der Waals surface area contributed by atoms with Crippen molar-refractivity contribution >= 4 is 5.91 Å². The second kappa shape index (κ2) is 5.61. The highest BCUT2D eigenvalue weighted by Gasteiger charge is 2.25. The van der Waals surface area contributed by atoms with E-state index in [1.807, 2.05) is 0 Å². The smallest absolute Gasteiger partial charge is 0.257 e. The molecule has 1 aromatic rings. The van der Waals surface area contributed by atoms with Gasteiger partial charge in [0.15, 0.2) is 11.5 Å². The van der Waals surface area contributed by atoms with Crippen LogP contribution in [0.2, 0.25) is 0 Å². The molecule has 19 heavy (non-hydrogen) atoms. The van der Waals surface area contributed by atoms with Gasteiger partial charge < -0.3 is 14.7 Å². The fourth-order valence-corrected chi connectivity index (χ4v) is 2.24. The minimum absolute atomic E-state index is 0.0305. The zero-order valence-electron chi connectivity index (χ0n) is 10.8. The van der Waals surface area contributed by atoms with Crippen molar-refractivity contribution in [3.8, 4) is 17.6 Å². The first-order valence-corrected chi connectivity index (χ1v) is 6.22. The standard InChI is InChI=1S/C14H16N2O3/c1-19-12-4-2-3-11(13(12)17)14(18)16-7-5-10(9-15)6-8-16/h2-4,10,17H,5-8H2,1H3. The molecule has 0 unspecified atom stereocenters. The van der Waals surface area contributed by atoms with Crippen molar-refractivity contribution in [3.63, 3.8) is 0 Å². The monoisotopic (exact) mass is 260 g/mol. The normalized spacial score (nSPS) is 15.9. The van der Waals surface area contributed by atoms with Gasteiger partial charge in [0, 0.05) is 19.0 Å². The van der Waals surface area contributed by atoms with Crippen LogP contribution >= 0.6 is 0 Å². The molecule has 1 aliphatic heterocycles. The molecular weight excluding hydrogens is 244 g/mol. The summed E-state index contributed by atoms with van der Waals surface area (Å²) in [5.41, 5.74) is 0.245. The van der Waals surface area contributed by atoms with Crippen molar-refractivity contribution in [2.75, 3.05) is 20.2 Å². The SMILES string of the molecule is COc1cccc(C(=O)N2CCC(C#N)CC2)c1O. The third kappa shape index (κ3) is 2.63. The van der Waals surface area contributed by atoms with Crippen LogP contribution < -0.4 is 4.74 Å². The van der Waals surface area contributed by atoms with Crippen LogP contribution in [0, 0.1) is 17.2 Å². The molecule has 0 aliphatic carbocycles. The molecule has 2 rings (SSSR count). The van der Waals surface area contributed by atoms with Crippen molar-refractivity contribution in [1.82, 2.24) is 4.90 Å². The lowest BCUT2D eigenvalue weighted by Gasteiger charge is -2.29. The number of rotatable bonds is 2. The Hall–Kier alpha value is -2.22. The zero-order valence-corrected chi connectivity index (χ0v) is 10.8. The maximum Gasteiger partial charge on any atom is 0.257 e. The second-order valence-corrected chi connectivity index (χ2v) is 4.55. The van der Waals surface area contributed by atoms with E-state index in [4.69, 9.17) is 10.00 Å². The Morgan fingerprint density at radius 2 is 2.16 bits per heavy atom. The molecule has 1 aromatic carbocycles. The Bertz CT molecular complexity index is 514. The number of ether oxygens (including phenoxy) is 1. The summed E-state index contributed by atoms with van der Waals surface area (Å²) in [5.74, 6) is -0.0223. The Morgan fingerprint density at radius 3 is 2.74 bits per heavy atom. The number of phenols is 1. The lowest BCUT2D eigenvalue weighted by atomic mass is 9.98. The van der Waals surface area contributed by atoms with Crippen LogP contribution in [0.25, 0.3) is 0 Å². The van der Waals surface area contributed by atoms with Crippen molar-refractivity contribution in [2.24, 2.45) is 5.92 Å². The van der Waals surface area contributed by atoms with E-state index in [0.29, 0.717) is 25.9 Å². The summed E-state index contributed by atoms with van der Waals surface area (Å²) in [6.45, 7) is 1.10. The summed E-state index contributed by atoms with van der Waals surface area (Å²) in [6, 6.07) is 7.08. The van der Waals surface area contributed by atoms with Crippen LogP contribution in [0.15, 0.2) is 18.2 Å². The number of hydrogen-bond acceptors (Lipinski definition) is 4. The van der Waals surface area contributed by atoms with Gasteiger partial charge in [-0.1, -0.05) is 6.07 Å². The van der Waals surface area contributed by atoms with Gasteiger partial charge in [-0.25, -0.2) is 0 Å². The van der Waals surface area contributed by atoms with Crippen LogP contribution in [-0.2, 0) is 0 Å². The molecule has 1 fully saturated rings. The van der Waals surface area contributed by atoms with Gasteiger partial charge in [-0.2, -0.15) is 5.26 Å². The number of benzene rings is 1. The molecule has 0 aromatic heterocycles. The highest BCUT2D eigenvalue weighted by atomic mass is 16.5. The lowest BCUT2D eigenvalue weighted by molar-refractivity contribution is 0.0703. The van der Waals surface area contributed by atoms with Gasteiger partial charge in [0.05, 0.1) is 18.7 Å². The molecule has 5 heteroatoms. The Kier molecular flexibility index (Phi) is 3.91. The number of nitriles is 1. The molecule has 1 N–H and O–H groups in total. The molecule has 0 bridgehead atoms. The van der Waals surface area contributed by atoms with Gasteiger partial charge in [-0.15, -0.1) is 0 Å². The van der Waals surface area contributed by atoms with Gasteiger partial charge in [0.1, 0.15) is 0 Å². The van der Waals surface area contributed by atoms with Gasteiger partial charge in [0.25, 0.3) is 5.91 Å². The topological polar surface area (TPSA) is 73.6 Å². The first-order chi connectivity index (χ1) is 9.17. The van der Waals surface area contributed by atoms with E-state index in [0.717, 1.165) is 0 Å². The van der Waals surface area contributed by atoms with Gasteiger partial charge in [-0.3, -0.25) is 4.79 Å². The van der Waals surface area contributed by atoms with Crippen LogP contribution in [0.4, 0.5) is 0 Å². The summed E-state index contributed by atoms with van der Waals surface area (Å²) >= 11 is 0. The summed E-state index contributed by atoms with van der Waals surface area (Å²) < 4.78 is 4.99. The Balaban J connectivity index is 2.15. The van der Waals surface area contributed by atoms with Crippen LogP contribution in [-0.4, -0.2) is 36.1 Å². The van der Waals surface area contributed by atoms with E-state index in [1.54, 1.807) is 23.1 Å². The Morgan fingerprint density at radius 1 is 1.47 bits per heavy atom. The van der Waals surface area contributed by atoms with Crippen LogP contribution in [0.1, 0.15) is 23.2 Å². The first-order valence-electron chi connectivity index (χ1n) is 6.22. The van der Waals surface area contributed by atoms with Crippen molar-refractivity contribution in [1.29, 1.82) is 5.26 Å². The lowest BCUT2D eigenvalue weighted by Crippen LogP contribution is -2.38. The molecule has 1 amide bonds. The van der Waals surface area contributed by atoms with Gasteiger partial charge in [-0.05, 0) is 25.0 Å². The van der Waals surface area contributed by atoms with E-state index in [-0.39, 0.29) is 28.9 Å². The van der Waals surface area contributed by atoms with E-state index in [9.17, 15) is 9.90 Å². The number of amides is 1. The minimum atomic E-state index is -0.215. The molecule has 5 nitrogen and oxygen atoms in total. The molecule has 0 saturated carbocycles. The van der Waals surface area contributed by atoms with E-state index >= 15 is 0 Å². The maximum absolute atomic E-state index is 12.3. The van der Waals surface area contributed by atoms with Crippen molar-refractivity contribution < 1.29 is 14.6 Å².